The molecule has 0 heterocycles. The van der Waals surface area contributed by atoms with Crippen molar-refractivity contribution in [2.45, 2.75) is 44.0 Å². The Hall–Kier alpha value is -1.07. The van der Waals surface area contributed by atoms with Gasteiger partial charge in [0.05, 0.1) is 16.3 Å². The van der Waals surface area contributed by atoms with Gasteiger partial charge in [-0.3, -0.25) is 0 Å². The first-order valence-electron chi connectivity index (χ1n) is 6.83. The van der Waals surface area contributed by atoms with Gasteiger partial charge < -0.3 is 11.1 Å². The minimum absolute atomic E-state index is 0.114. The van der Waals surface area contributed by atoms with E-state index in [-0.39, 0.29) is 11.8 Å². The van der Waals surface area contributed by atoms with Gasteiger partial charge in [0.2, 0.25) is 0 Å². The zero-order valence-corrected chi connectivity index (χ0v) is 12.5. The van der Waals surface area contributed by atoms with Crippen molar-refractivity contribution >= 4 is 15.5 Å². The summed E-state index contributed by atoms with van der Waals surface area (Å²) in [5.41, 5.74) is 6.38. The van der Waals surface area contributed by atoms with Gasteiger partial charge in [-0.15, -0.1) is 0 Å². The van der Waals surface area contributed by atoms with E-state index >= 15 is 0 Å². The van der Waals surface area contributed by atoms with Crippen molar-refractivity contribution in [3.63, 3.8) is 0 Å². The molecule has 0 radical (unpaired) electrons. The Morgan fingerprint density at radius 1 is 1.21 bits per heavy atom. The molecule has 0 saturated carbocycles. The van der Waals surface area contributed by atoms with Crippen LogP contribution in [-0.2, 0) is 9.84 Å². The molecule has 1 atom stereocenters. The lowest BCUT2D eigenvalue weighted by atomic mass is 10.1. The Morgan fingerprint density at radius 3 is 2.47 bits per heavy atom. The van der Waals surface area contributed by atoms with Crippen molar-refractivity contribution in [3.8, 4) is 0 Å². The van der Waals surface area contributed by atoms with Crippen LogP contribution in [0.15, 0.2) is 29.2 Å². The number of hydrogen-bond donors (Lipinski definition) is 2. The molecule has 0 saturated heterocycles. The third-order valence-electron chi connectivity index (χ3n) is 2.98. The van der Waals surface area contributed by atoms with Crippen molar-refractivity contribution in [2.75, 3.05) is 17.6 Å². The van der Waals surface area contributed by atoms with Gasteiger partial charge >= 0.3 is 0 Å². The van der Waals surface area contributed by atoms with Crippen molar-refractivity contribution in [3.05, 3.63) is 24.3 Å². The zero-order chi connectivity index (χ0) is 14.3. The molecule has 0 bridgehead atoms. The second kappa shape index (κ2) is 7.50. The van der Waals surface area contributed by atoms with Crippen molar-refractivity contribution < 1.29 is 8.42 Å². The molecule has 3 N–H and O–H groups in total. The summed E-state index contributed by atoms with van der Waals surface area (Å²) in [6.07, 6.45) is 2.56. The van der Waals surface area contributed by atoms with Crippen molar-refractivity contribution in [1.82, 2.24) is 0 Å². The van der Waals surface area contributed by atoms with Crippen LogP contribution in [0.25, 0.3) is 0 Å². The van der Waals surface area contributed by atoms with E-state index in [0.29, 0.717) is 23.5 Å². The summed E-state index contributed by atoms with van der Waals surface area (Å²) in [7, 11) is -3.21. The summed E-state index contributed by atoms with van der Waals surface area (Å²) in [5, 5.41) is 3.26. The molecule has 1 unspecified atom stereocenters. The lowest BCUT2D eigenvalue weighted by molar-refractivity contribution is 0.594. The maximum absolute atomic E-state index is 12.2. The Morgan fingerprint density at radius 2 is 1.89 bits per heavy atom. The Kier molecular flexibility index (Phi) is 6.31. The standard InChI is InChI=1S/C14H24N2O2S/c1-3-7-12(11-15)16-13-8-5-6-9-14(13)19(17,18)10-4-2/h5-6,8-9,12,16H,3-4,7,10-11,15H2,1-2H3. The fourth-order valence-electron chi connectivity index (χ4n) is 2.05. The first kappa shape index (κ1) is 16.0. The quantitative estimate of drug-likeness (QED) is 0.769. The molecular weight excluding hydrogens is 260 g/mol. The van der Waals surface area contributed by atoms with Crippen molar-refractivity contribution in [1.29, 1.82) is 0 Å². The third kappa shape index (κ3) is 4.51. The second-order valence-electron chi connectivity index (χ2n) is 4.68. The van der Waals surface area contributed by atoms with Crippen LogP contribution in [-0.4, -0.2) is 26.8 Å². The second-order valence-corrected chi connectivity index (χ2v) is 6.76. The summed E-state index contributed by atoms with van der Waals surface area (Å²) < 4.78 is 24.4. The number of nitrogens with two attached hydrogens (primary N) is 1. The topological polar surface area (TPSA) is 72.2 Å². The normalized spacial score (nSPS) is 13.2. The Labute approximate surface area is 116 Å². The van der Waals surface area contributed by atoms with Gasteiger partial charge in [-0.05, 0) is 25.0 Å². The highest BCUT2D eigenvalue weighted by atomic mass is 32.2. The number of benzene rings is 1. The van der Waals surface area contributed by atoms with E-state index in [4.69, 9.17) is 5.73 Å². The van der Waals surface area contributed by atoms with Crippen LogP contribution in [0.3, 0.4) is 0 Å². The van der Waals surface area contributed by atoms with E-state index in [1.807, 2.05) is 13.0 Å². The van der Waals surface area contributed by atoms with Gasteiger partial charge in [0.1, 0.15) is 0 Å². The molecule has 0 aliphatic carbocycles. The molecule has 1 aromatic rings. The van der Waals surface area contributed by atoms with Gasteiger partial charge in [-0.25, -0.2) is 8.42 Å². The summed E-state index contributed by atoms with van der Waals surface area (Å²) in [6.45, 7) is 4.45. The SMILES string of the molecule is CCCC(CN)Nc1ccccc1S(=O)(=O)CCC. The number of sulfone groups is 1. The van der Waals surface area contributed by atoms with Crippen LogP contribution in [0.5, 0.6) is 0 Å². The Balaban J connectivity index is 3.02. The fourth-order valence-corrected chi connectivity index (χ4v) is 3.56. The third-order valence-corrected chi connectivity index (χ3v) is 4.95. The molecule has 5 heteroatoms. The lowest BCUT2D eigenvalue weighted by Gasteiger charge is -2.19. The predicted molar refractivity (Wildman–Crippen MR) is 80.2 cm³/mol. The lowest BCUT2D eigenvalue weighted by Crippen LogP contribution is -2.29. The maximum atomic E-state index is 12.2. The summed E-state index contributed by atoms with van der Waals surface area (Å²) >= 11 is 0. The van der Waals surface area contributed by atoms with Gasteiger partial charge in [0.15, 0.2) is 9.84 Å². The van der Waals surface area contributed by atoms with Crippen molar-refractivity contribution in [2.24, 2.45) is 5.73 Å². The average molecular weight is 284 g/mol. The molecule has 0 spiro atoms. The maximum Gasteiger partial charge on any atom is 0.180 e. The van der Waals surface area contributed by atoms with E-state index in [1.54, 1.807) is 18.2 Å². The minimum Gasteiger partial charge on any atom is -0.380 e. The molecule has 0 aliphatic rings. The van der Waals surface area contributed by atoms with E-state index in [1.165, 1.54) is 0 Å². The van der Waals surface area contributed by atoms with E-state index < -0.39 is 9.84 Å². The van der Waals surface area contributed by atoms with Crippen LogP contribution in [0.2, 0.25) is 0 Å². The first-order valence-corrected chi connectivity index (χ1v) is 8.48. The number of hydrogen-bond acceptors (Lipinski definition) is 4. The van der Waals surface area contributed by atoms with Crippen LogP contribution in [0.4, 0.5) is 5.69 Å². The molecule has 1 aromatic carbocycles. The molecular formula is C14H24N2O2S. The predicted octanol–water partition coefficient (Wildman–Crippen LogP) is 2.41. The highest BCUT2D eigenvalue weighted by molar-refractivity contribution is 7.91. The number of anilines is 1. The molecule has 0 aliphatic heterocycles. The number of nitrogens with one attached hydrogen (secondary N) is 1. The molecule has 1 rings (SSSR count). The van der Waals surface area contributed by atoms with Crippen LogP contribution < -0.4 is 11.1 Å². The van der Waals surface area contributed by atoms with E-state index in [0.717, 1.165) is 12.8 Å². The number of rotatable bonds is 8. The molecule has 4 nitrogen and oxygen atoms in total. The van der Waals surface area contributed by atoms with Gasteiger partial charge in [0, 0.05) is 12.6 Å². The zero-order valence-electron chi connectivity index (χ0n) is 11.7. The van der Waals surface area contributed by atoms with Gasteiger partial charge in [-0.1, -0.05) is 32.4 Å². The number of para-hydroxylation sites is 1. The fraction of sp³-hybridized carbons (Fsp3) is 0.571. The highest BCUT2D eigenvalue weighted by Gasteiger charge is 2.18. The minimum atomic E-state index is -3.21. The highest BCUT2D eigenvalue weighted by Crippen LogP contribution is 2.23. The van der Waals surface area contributed by atoms with Crippen LogP contribution in [0, 0.1) is 0 Å². The average Bonchev–Trinajstić information content (AvgIpc) is 2.38. The van der Waals surface area contributed by atoms with E-state index in [2.05, 4.69) is 12.2 Å². The van der Waals surface area contributed by atoms with Crippen LogP contribution >= 0.6 is 0 Å². The largest absolute Gasteiger partial charge is 0.380 e. The van der Waals surface area contributed by atoms with E-state index in [9.17, 15) is 8.42 Å². The summed E-state index contributed by atoms with van der Waals surface area (Å²) in [5.74, 6) is 0.173. The molecule has 0 fully saturated rings. The Bertz CT molecular complexity index is 486. The molecule has 19 heavy (non-hydrogen) atoms. The first-order chi connectivity index (χ1) is 9.05. The van der Waals surface area contributed by atoms with Gasteiger partial charge in [-0.2, -0.15) is 0 Å². The summed E-state index contributed by atoms with van der Waals surface area (Å²) in [6, 6.07) is 7.17. The molecule has 0 aromatic heterocycles. The molecule has 0 amide bonds. The molecule has 108 valence electrons. The monoisotopic (exact) mass is 284 g/mol. The summed E-state index contributed by atoms with van der Waals surface area (Å²) in [4.78, 5) is 0.381. The van der Waals surface area contributed by atoms with Gasteiger partial charge in [0.25, 0.3) is 0 Å². The van der Waals surface area contributed by atoms with Crippen LogP contribution in [0.1, 0.15) is 33.1 Å². The smallest absolute Gasteiger partial charge is 0.180 e.